The molecule has 4 nitrogen and oxygen atoms in total. The zero-order valence-electron chi connectivity index (χ0n) is 12.4. The van der Waals surface area contributed by atoms with E-state index >= 15 is 0 Å². The Labute approximate surface area is 143 Å². The van der Waals surface area contributed by atoms with E-state index in [0.29, 0.717) is 17.3 Å². The molecule has 23 heavy (non-hydrogen) atoms. The largest absolute Gasteiger partial charge is 0.347 e. The van der Waals surface area contributed by atoms with Gasteiger partial charge in [-0.2, -0.15) is 0 Å². The Morgan fingerprint density at radius 3 is 2.70 bits per heavy atom. The molecule has 3 rings (SSSR count). The van der Waals surface area contributed by atoms with Crippen LogP contribution in [0, 0.1) is 6.92 Å². The first-order valence-electron chi connectivity index (χ1n) is 7.04. The number of pyridine rings is 1. The van der Waals surface area contributed by atoms with Crippen LogP contribution < -0.4 is 5.32 Å². The zero-order chi connectivity index (χ0) is 16.2. The van der Waals surface area contributed by atoms with Gasteiger partial charge in [0.15, 0.2) is 0 Å². The number of carbonyl (C=O) groups is 1. The molecule has 1 aromatic carbocycles. The fraction of sp³-hybridized carbons (Fsp3) is 0.118. The summed E-state index contributed by atoms with van der Waals surface area (Å²) >= 11 is 7.72. The molecule has 0 radical (unpaired) electrons. The van der Waals surface area contributed by atoms with E-state index in [-0.39, 0.29) is 5.91 Å². The van der Waals surface area contributed by atoms with E-state index in [1.165, 1.54) is 11.3 Å². The lowest BCUT2D eigenvalue weighted by atomic mass is 10.1. The molecule has 1 amide bonds. The van der Waals surface area contributed by atoms with Gasteiger partial charge in [0.1, 0.15) is 5.69 Å². The number of carbonyl (C=O) groups excluding carboxylic acids is 1. The average Bonchev–Trinajstić information content (AvgIpc) is 2.96. The lowest BCUT2D eigenvalue weighted by Crippen LogP contribution is -2.23. The Bertz CT molecular complexity index is 833. The first kappa shape index (κ1) is 15.6. The van der Waals surface area contributed by atoms with E-state index in [9.17, 15) is 4.79 Å². The maximum Gasteiger partial charge on any atom is 0.271 e. The molecular weight excluding hydrogens is 330 g/mol. The SMILES string of the molecule is Cc1nc(C(=O)NCc2ccncc2)c(-c2ccccc2Cl)s1. The molecule has 0 bridgehead atoms. The highest BCUT2D eigenvalue weighted by Gasteiger charge is 2.19. The van der Waals surface area contributed by atoms with Gasteiger partial charge in [-0.05, 0) is 30.7 Å². The molecule has 0 spiro atoms. The molecule has 2 aromatic heterocycles. The monoisotopic (exact) mass is 343 g/mol. The minimum atomic E-state index is -0.207. The minimum Gasteiger partial charge on any atom is -0.347 e. The summed E-state index contributed by atoms with van der Waals surface area (Å²) in [5.41, 5.74) is 2.23. The van der Waals surface area contributed by atoms with Gasteiger partial charge >= 0.3 is 0 Å². The van der Waals surface area contributed by atoms with Gasteiger partial charge in [-0.1, -0.05) is 29.8 Å². The Morgan fingerprint density at radius 1 is 1.22 bits per heavy atom. The van der Waals surface area contributed by atoms with Crippen LogP contribution in [0.3, 0.4) is 0 Å². The van der Waals surface area contributed by atoms with Crippen LogP contribution in [0.15, 0.2) is 48.8 Å². The molecule has 0 unspecified atom stereocenters. The number of aryl methyl sites for hydroxylation is 1. The third-order valence-corrected chi connectivity index (χ3v) is 4.60. The van der Waals surface area contributed by atoms with Gasteiger partial charge in [-0.15, -0.1) is 11.3 Å². The second-order valence-corrected chi connectivity index (χ2v) is 6.54. The standard InChI is InChI=1S/C17H14ClN3OS/c1-11-21-15(16(23-11)13-4-2-3-5-14(13)18)17(22)20-10-12-6-8-19-9-7-12/h2-9H,10H2,1H3,(H,20,22). The van der Waals surface area contributed by atoms with Crippen LogP contribution in [0.1, 0.15) is 21.1 Å². The fourth-order valence-corrected chi connectivity index (χ4v) is 3.42. The number of nitrogens with one attached hydrogen (secondary N) is 1. The Balaban J connectivity index is 1.85. The van der Waals surface area contributed by atoms with E-state index in [2.05, 4.69) is 15.3 Å². The number of aromatic nitrogens is 2. The fourth-order valence-electron chi connectivity index (χ4n) is 2.18. The van der Waals surface area contributed by atoms with Crippen molar-refractivity contribution in [3.63, 3.8) is 0 Å². The van der Waals surface area contributed by atoms with Gasteiger partial charge in [0.2, 0.25) is 0 Å². The van der Waals surface area contributed by atoms with Gasteiger partial charge < -0.3 is 5.32 Å². The molecule has 0 aliphatic rings. The van der Waals surface area contributed by atoms with E-state index in [1.807, 2.05) is 43.3 Å². The number of halogens is 1. The van der Waals surface area contributed by atoms with Crippen molar-refractivity contribution in [1.82, 2.24) is 15.3 Å². The van der Waals surface area contributed by atoms with Crippen molar-refractivity contribution in [2.24, 2.45) is 0 Å². The molecular formula is C17H14ClN3OS. The van der Waals surface area contributed by atoms with E-state index < -0.39 is 0 Å². The Kier molecular flexibility index (Phi) is 4.69. The molecule has 0 saturated carbocycles. The molecule has 0 saturated heterocycles. The Hall–Kier alpha value is -2.24. The molecule has 116 valence electrons. The van der Waals surface area contributed by atoms with Crippen LogP contribution in [0.4, 0.5) is 0 Å². The molecule has 0 fully saturated rings. The smallest absolute Gasteiger partial charge is 0.271 e. The van der Waals surface area contributed by atoms with Crippen molar-refractivity contribution in [2.75, 3.05) is 0 Å². The summed E-state index contributed by atoms with van der Waals surface area (Å²) < 4.78 is 0. The summed E-state index contributed by atoms with van der Waals surface area (Å²) in [4.78, 5) is 21.6. The molecule has 0 aliphatic carbocycles. The molecule has 3 aromatic rings. The highest BCUT2D eigenvalue weighted by molar-refractivity contribution is 7.15. The number of hydrogen-bond acceptors (Lipinski definition) is 4. The van der Waals surface area contributed by atoms with Crippen molar-refractivity contribution in [1.29, 1.82) is 0 Å². The predicted octanol–water partition coefficient (Wildman–Crippen LogP) is 4.10. The molecule has 0 aliphatic heterocycles. The van der Waals surface area contributed by atoms with Crippen LogP contribution in [-0.4, -0.2) is 15.9 Å². The Morgan fingerprint density at radius 2 is 1.96 bits per heavy atom. The summed E-state index contributed by atoms with van der Waals surface area (Å²) in [7, 11) is 0. The van der Waals surface area contributed by atoms with Crippen molar-refractivity contribution in [2.45, 2.75) is 13.5 Å². The van der Waals surface area contributed by atoms with Gasteiger partial charge in [-0.3, -0.25) is 9.78 Å². The predicted molar refractivity (Wildman–Crippen MR) is 92.7 cm³/mol. The summed E-state index contributed by atoms with van der Waals surface area (Å²) in [6.07, 6.45) is 3.40. The third kappa shape index (κ3) is 3.57. The van der Waals surface area contributed by atoms with Crippen molar-refractivity contribution in [3.05, 3.63) is 70.1 Å². The number of nitrogens with zero attached hydrogens (tertiary/aromatic N) is 2. The maximum atomic E-state index is 12.5. The van der Waals surface area contributed by atoms with Crippen LogP contribution in [0.25, 0.3) is 10.4 Å². The van der Waals surface area contributed by atoms with Crippen molar-refractivity contribution >= 4 is 28.8 Å². The normalized spacial score (nSPS) is 10.5. The van der Waals surface area contributed by atoms with Crippen molar-refractivity contribution in [3.8, 4) is 10.4 Å². The topological polar surface area (TPSA) is 54.9 Å². The molecule has 2 heterocycles. The van der Waals surface area contributed by atoms with Crippen molar-refractivity contribution < 1.29 is 4.79 Å². The lowest BCUT2D eigenvalue weighted by Gasteiger charge is -2.06. The van der Waals surface area contributed by atoms with Crippen LogP contribution in [-0.2, 0) is 6.54 Å². The minimum absolute atomic E-state index is 0.207. The van der Waals surface area contributed by atoms with Gasteiger partial charge in [0, 0.05) is 29.5 Å². The molecule has 1 N–H and O–H groups in total. The highest BCUT2D eigenvalue weighted by Crippen LogP contribution is 2.34. The number of rotatable bonds is 4. The van der Waals surface area contributed by atoms with Gasteiger partial charge in [0.05, 0.1) is 9.88 Å². The third-order valence-electron chi connectivity index (χ3n) is 3.27. The molecule has 0 atom stereocenters. The number of hydrogen-bond donors (Lipinski definition) is 1. The molecule has 6 heteroatoms. The van der Waals surface area contributed by atoms with E-state index in [4.69, 9.17) is 11.6 Å². The van der Waals surface area contributed by atoms with E-state index in [1.54, 1.807) is 12.4 Å². The van der Waals surface area contributed by atoms with E-state index in [0.717, 1.165) is 21.0 Å². The average molecular weight is 344 g/mol. The first-order valence-corrected chi connectivity index (χ1v) is 8.24. The summed E-state index contributed by atoms with van der Waals surface area (Å²) in [6, 6.07) is 11.2. The summed E-state index contributed by atoms with van der Waals surface area (Å²) in [6.45, 7) is 2.31. The number of amides is 1. The highest BCUT2D eigenvalue weighted by atomic mass is 35.5. The maximum absolute atomic E-state index is 12.5. The number of thiazole rings is 1. The lowest BCUT2D eigenvalue weighted by molar-refractivity contribution is 0.0947. The van der Waals surface area contributed by atoms with Gasteiger partial charge in [-0.25, -0.2) is 4.98 Å². The van der Waals surface area contributed by atoms with Crippen LogP contribution in [0.5, 0.6) is 0 Å². The second-order valence-electron chi connectivity index (χ2n) is 4.93. The first-order chi connectivity index (χ1) is 11.1. The summed E-state index contributed by atoms with van der Waals surface area (Å²) in [5, 5.41) is 4.33. The number of benzene rings is 1. The van der Waals surface area contributed by atoms with Crippen LogP contribution >= 0.6 is 22.9 Å². The quantitative estimate of drug-likeness (QED) is 0.776. The second kappa shape index (κ2) is 6.89. The summed E-state index contributed by atoms with van der Waals surface area (Å²) in [5.74, 6) is -0.207. The zero-order valence-corrected chi connectivity index (χ0v) is 14.0. The van der Waals surface area contributed by atoms with Gasteiger partial charge in [0.25, 0.3) is 5.91 Å². The van der Waals surface area contributed by atoms with Crippen LogP contribution in [0.2, 0.25) is 5.02 Å².